The third-order valence-corrected chi connectivity index (χ3v) is 4.12. The Kier molecular flexibility index (Phi) is 4.86. The fraction of sp³-hybridized carbons (Fsp3) is 0.538. The van der Waals surface area contributed by atoms with Gasteiger partial charge in [0.15, 0.2) is 0 Å². The van der Waals surface area contributed by atoms with E-state index in [1.165, 1.54) is 18.4 Å². The Morgan fingerprint density at radius 2 is 2.24 bits per heavy atom. The minimum Gasteiger partial charge on any atom is -0.311 e. The second-order valence-corrected chi connectivity index (χ2v) is 5.92. The molecule has 1 saturated carbocycles. The van der Waals surface area contributed by atoms with Gasteiger partial charge in [-0.2, -0.15) is 0 Å². The zero-order chi connectivity index (χ0) is 12.3. The second kappa shape index (κ2) is 6.19. The molecule has 1 aromatic carbocycles. The summed E-state index contributed by atoms with van der Waals surface area (Å²) >= 11 is 9.43. The van der Waals surface area contributed by atoms with Crippen LogP contribution in [0, 0.1) is 0 Å². The molecule has 4 heteroatoms. The summed E-state index contributed by atoms with van der Waals surface area (Å²) in [6.07, 6.45) is 2.75. The molecule has 0 aliphatic heterocycles. The molecular formula is C13H18BrClN2. The minimum atomic E-state index is 0.772. The SMILES string of the molecule is CN(CCNCc1ccc(Cl)cc1Br)C1CC1. The van der Waals surface area contributed by atoms with E-state index in [1.807, 2.05) is 12.1 Å². The van der Waals surface area contributed by atoms with E-state index in [2.05, 4.69) is 39.3 Å². The Labute approximate surface area is 116 Å². The van der Waals surface area contributed by atoms with Crippen molar-refractivity contribution in [3.63, 3.8) is 0 Å². The first-order valence-corrected chi connectivity index (χ1v) is 7.19. The van der Waals surface area contributed by atoms with Crippen LogP contribution in [0.5, 0.6) is 0 Å². The van der Waals surface area contributed by atoms with Crippen molar-refractivity contribution in [2.45, 2.75) is 25.4 Å². The Balaban J connectivity index is 1.70. The molecule has 0 radical (unpaired) electrons. The molecule has 0 unspecified atom stereocenters. The van der Waals surface area contributed by atoms with E-state index in [-0.39, 0.29) is 0 Å². The van der Waals surface area contributed by atoms with E-state index >= 15 is 0 Å². The number of nitrogens with one attached hydrogen (secondary N) is 1. The summed E-state index contributed by atoms with van der Waals surface area (Å²) in [6.45, 7) is 3.04. The topological polar surface area (TPSA) is 15.3 Å². The molecule has 0 spiro atoms. The molecule has 0 bridgehead atoms. The molecule has 1 aromatic rings. The zero-order valence-corrected chi connectivity index (χ0v) is 12.4. The van der Waals surface area contributed by atoms with Crippen molar-refractivity contribution >= 4 is 27.5 Å². The van der Waals surface area contributed by atoms with E-state index in [4.69, 9.17) is 11.6 Å². The van der Waals surface area contributed by atoms with Gasteiger partial charge in [0.2, 0.25) is 0 Å². The maximum absolute atomic E-state index is 5.90. The van der Waals surface area contributed by atoms with Gasteiger partial charge in [0.05, 0.1) is 0 Å². The van der Waals surface area contributed by atoms with Crippen LogP contribution >= 0.6 is 27.5 Å². The van der Waals surface area contributed by atoms with Crippen molar-refractivity contribution in [1.29, 1.82) is 0 Å². The number of benzene rings is 1. The van der Waals surface area contributed by atoms with Crippen molar-refractivity contribution in [3.8, 4) is 0 Å². The van der Waals surface area contributed by atoms with Crippen LogP contribution in [0.4, 0.5) is 0 Å². The van der Waals surface area contributed by atoms with Crippen molar-refractivity contribution in [1.82, 2.24) is 10.2 Å². The van der Waals surface area contributed by atoms with Gasteiger partial charge in [0.1, 0.15) is 0 Å². The maximum Gasteiger partial charge on any atom is 0.0417 e. The zero-order valence-electron chi connectivity index (χ0n) is 10.0. The Bertz CT molecular complexity index is 380. The molecule has 1 aliphatic carbocycles. The van der Waals surface area contributed by atoms with Crippen LogP contribution in [0.2, 0.25) is 5.02 Å². The molecule has 0 atom stereocenters. The van der Waals surface area contributed by atoms with Gasteiger partial charge < -0.3 is 10.2 Å². The van der Waals surface area contributed by atoms with Crippen LogP contribution in [0.25, 0.3) is 0 Å². The van der Waals surface area contributed by atoms with E-state index < -0.39 is 0 Å². The Morgan fingerprint density at radius 3 is 2.88 bits per heavy atom. The fourth-order valence-corrected chi connectivity index (χ4v) is 2.66. The molecule has 2 nitrogen and oxygen atoms in total. The van der Waals surface area contributed by atoms with Gasteiger partial charge in [-0.1, -0.05) is 33.6 Å². The van der Waals surface area contributed by atoms with Crippen molar-refractivity contribution in [2.75, 3.05) is 20.1 Å². The van der Waals surface area contributed by atoms with Crippen LogP contribution in [-0.4, -0.2) is 31.1 Å². The quantitative estimate of drug-likeness (QED) is 0.810. The monoisotopic (exact) mass is 316 g/mol. The van der Waals surface area contributed by atoms with Crippen molar-refractivity contribution in [3.05, 3.63) is 33.3 Å². The average Bonchev–Trinajstić information content (AvgIpc) is 3.10. The Hall–Kier alpha value is -0.0900. The van der Waals surface area contributed by atoms with Gasteiger partial charge >= 0.3 is 0 Å². The molecular weight excluding hydrogens is 300 g/mol. The molecule has 1 aliphatic rings. The van der Waals surface area contributed by atoms with Gasteiger partial charge in [-0.25, -0.2) is 0 Å². The highest BCUT2D eigenvalue weighted by atomic mass is 79.9. The molecule has 0 saturated heterocycles. The molecule has 0 heterocycles. The van der Waals surface area contributed by atoms with Crippen molar-refractivity contribution < 1.29 is 0 Å². The third kappa shape index (κ3) is 4.25. The van der Waals surface area contributed by atoms with Crippen LogP contribution in [-0.2, 0) is 6.54 Å². The predicted octanol–water partition coefficient (Wildman–Crippen LogP) is 3.29. The number of halogens is 2. The molecule has 2 rings (SSSR count). The largest absolute Gasteiger partial charge is 0.311 e. The molecule has 1 N–H and O–H groups in total. The van der Waals surface area contributed by atoms with Crippen LogP contribution < -0.4 is 5.32 Å². The molecule has 0 amide bonds. The molecule has 94 valence electrons. The highest BCUT2D eigenvalue weighted by molar-refractivity contribution is 9.10. The van der Waals surface area contributed by atoms with Gasteiger partial charge in [-0.3, -0.25) is 0 Å². The first kappa shape index (κ1) is 13.3. The van der Waals surface area contributed by atoms with E-state index in [9.17, 15) is 0 Å². The van der Waals surface area contributed by atoms with Crippen LogP contribution in [0.3, 0.4) is 0 Å². The van der Waals surface area contributed by atoms with Crippen LogP contribution in [0.1, 0.15) is 18.4 Å². The highest BCUT2D eigenvalue weighted by Crippen LogP contribution is 2.24. The Morgan fingerprint density at radius 1 is 1.47 bits per heavy atom. The number of hydrogen-bond acceptors (Lipinski definition) is 2. The lowest BCUT2D eigenvalue weighted by Gasteiger charge is -2.16. The standard InChI is InChI=1S/C13H18BrClN2/c1-17(12-4-5-12)7-6-16-9-10-2-3-11(15)8-13(10)14/h2-3,8,12,16H,4-7,9H2,1H3. The summed E-state index contributed by atoms with van der Waals surface area (Å²) < 4.78 is 1.08. The maximum atomic E-state index is 5.90. The fourth-order valence-electron chi connectivity index (χ4n) is 1.84. The number of hydrogen-bond donors (Lipinski definition) is 1. The normalized spacial score (nSPS) is 15.5. The van der Waals surface area contributed by atoms with E-state index in [1.54, 1.807) is 0 Å². The average molecular weight is 318 g/mol. The second-order valence-electron chi connectivity index (χ2n) is 4.62. The van der Waals surface area contributed by atoms with Gasteiger partial charge in [-0.15, -0.1) is 0 Å². The summed E-state index contributed by atoms with van der Waals surface area (Å²) in [7, 11) is 2.21. The lowest BCUT2D eigenvalue weighted by molar-refractivity contribution is 0.321. The first-order chi connectivity index (χ1) is 8.16. The predicted molar refractivity (Wildman–Crippen MR) is 76.5 cm³/mol. The summed E-state index contributed by atoms with van der Waals surface area (Å²) in [5, 5.41) is 4.23. The lowest BCUT2D eigenvalue weighted by atomic mass is 10.2. The summed E-state index contributed by atoms with van der Waals surface area (Å²) in [5.41, 5.74) is 1.25. The van der Waals surface area contributed by atoms with Gasteiger partial charge in [0.25, 0.3) is 0 Å². The highest BCUT2D eigenvalue weighted by Gasteiger charge is 2.25. The minimum absolute atomic E-state index is 0.772. The number of likely N-dealkylation sites (N-methyl/N-ethyl adjacent to an activating group) is 1. The first-order valence-electron chi connectivity index (χ1n) is 6.01. The smallest absolute Gasteiger partial charge is 0.0417 e. The van der Waals surface area contributed by atoms with Crippen LogP contribution in [0.15, 0.2) is 22.7 Å². The molecule has 1 fully saturated rings. The number of rotatable bonds is 6. The summed E-state index contributed by atoms with van der Waals surface area (Å²) in [4.78, 5) is 2.43. The van der Waals surface area contributed by atoms with Gasteiger partial charge in [-0.05, 0) is 37.6 Å². The van der Waals surface area contributed by atoms with Gasteiger partial charge in [0, 0.05) is 35.2 Å². The number of nitrogens with zero attached hydrogens (tertiary/aromatic N) is 1. The van der Waals surface area contributed by atoms with Crippen molar-refractivity contribution in [2.24, 2.45) is 0 Å². The third-order valence-electron chi connectivity index (χ3n) is 3.14. The summed E-state index contributed by atoms with van der Waals surface area (Å²) in [5.74, 6) is 0. The lowest BCUT2D eigenvalue weighted by Crippen LogP contribution is -2.30. The molecule has 0 aromatic heterocycles. The molecule has 17 heavy (non-hydrogen) atoms. The van der Waals surface area contributed by atoms with E-state index in [0.717, 1.165) is 35.2 Å². The summed E-state index contributed by atoms with van der Waals surface area (Å²) in [6, 6.07) is 6.78. The van der Waals surface area contributed by atoms with E-state index in [0.29, 0.717) is 0 Å².